The Morgan fingerprint density at radius 1 is 1.38 bits per heavy atom. The van der Waals surface area contributed by atoms with Crippen molar-refractivity contribution >= 4 is 15.9 Å². The van der Waals surface area contributed by atoms with Crippen LogP contribution in [0.25, 0.3) is 0 Å². The number of alkyl halides is 2. The maximum absolute atomic E-state index is 13.3. The van der Waals surface area contributed by atoms with E-state index in [1.165, 1.54) is 6.07 Å². The van der Waals surface area contributed by atoms with E-state index in [2.05, 4.69) is 15.9 Å². The molecule has 0 aliphatic rings. The Hall–Kier alpha value is -0.640. The first-order valence-electron chi connectivity index (χ1n) is 5.11. The summed E-state index contributed by atoms with van der Waals surface area (Å²) in [5.74, 6) is -2.33. The van der Waals surface area contributed by atoms with Gasteiger partial charge in [-0.25, -0.2) is 8.78 Å². The lowest BCUT2D eigenvalue weighted by Crippen LogP contribution is -2.12. The molecular weight excluding hydrogens is 278 g/mol. The second-order valence-corrected chi connectivity index (χ2v) is 5.15. The highest BCUT2D eigenvalue weighted by Crippen LogP contribution is 2.36. The minimum atomic E-state index is -2.89. The van der Waals surface area contributed by atoms with E-state index in [0.29, 0.717) is 17.0 Å². The van der Waals surface area contributed by atoms with E-state index in [0.717, 1.165) is 6.92 Å². The van der Waals surface area contributed by atoms with Gasteiger partial charge in [0.1, 0.15) is 5.75 Å². The maximum Gasteiger partial charge on any atom is 0.274 e. The van der Waals surface area contributed by atoms with Crippen molar-refractivity contribution in [2.75, 3.05) is 6.61 Å². The predicted molar refractivity (Wildman–Crippen MR) is 64.0 cm³/mol. The molecule has 0 aliphatic heterocycles. The molecule has 1 nitrogen and oxygen atoms in total. The molecule has 0 aromatic heterocycles. The van der Waals surface area contributed by atoms with Gasteiger partial charge in [-0.15, -0.1) is 0 Å². The molecule has 1 rings (SSSR count). The Labute approximate surface area is 103 Å². The van der Waals surface area contributed by atoms with Crippen molar-refractivity contribution in [3.8, 4) is 5.75 Å². The summed E-state index contributed by atoms with van der Waals surface area (Å²) in [5, 5.41) is 0. The average molecular weight is 293 g/mol. The molecule has 0 unspecified atom stereocenters. The van der Waals surface area contributed by atoms with Gasteiger partial charge < -0.3 is 4.74 Å². The third-order valence-corrected chi connectivity index (χ3v) is 2.48. The number of halogens is 3. The second-order valence-electron chi connectivity index (χ2n) is 4.23. The van der Waals surface area contributed by atoms with Crippen LogP contribution < -0.4 is 4.74 Å². The van der Waals surface area contributed by atoms with Gasteiger partial charge in [-0.2, -0.15) is 0 Å². The number of ether oxygens (including phenoxy) is 1. The average Bonchev–Trinajstić information content (AvgIpc) is 2.14. The van der Waals surface area contributed by atoms with E-state index >= 15 is 0 Å². The number of benzene rings is 1. The molecule has 0 heterocycles. The molecule has 0 atom stereocenters. The lowest BCUT2D eigenvalue weighted by molar-refractivity contribution is 0.0141. The molecule has 0 saturated carbocycles. The zero-order valence-corrected chi connectivity index (χ0v) is 11.1. The zero-order valence-electron chi connectivity index (χ0n) is 9.56. The highest BCUT2D eigenvalue weighted by molar-refractivity contribution is 9.10. The van der Waals surface area contributed by atoms with E-state index in [1.54, 1.807) is 12.1 Å². The Balaban J connectivity index is 2.99. The first kappa shape index (κ1) is 13.4. The van der Waals surface area contributed by atoms with Gasteiger partial charge >= 0.3 is 0 Å². The molecule has 0 fully saturated rings. The van der Waals surface area contributed by atoms with Crippen molar-refractivity contribution in [1.82, 2.24) is 0 Å². The molecule has 1 aromatic rings. The molecule has 0 saturated heterocycles. The van der Waals surface area contributed by atoms with Gasteiger partial charge in [0.15, 0.2) is 0 Å². The van der Waals surface area contributed by atoms with Crippen LogP contribution in [0, 0.1) is 5.92 Å². The number of hydrogen-bond acceptors (Lipinski definition) is 1. The highest BCUT2D eigenvalue weighted by Gasteiger charge is 2.28. The molecule has 0 radical (unpaired) electrons. The summed E-state index contributed by atoms with van der Waals surface area (Å²) in [6.45, 7) is 5.26. The summed E-state index contributed by atoms with van der Waals surface area (Å²) in [6.07, 6.45) is 0. The molecule has 0 amide bonds. The smallest absolute Gasteiger partial charge is 0.274 e. The van der Waals surface area contributed by atoms with Crippen molar-refractivity contribution in [3.63, 3.8) is 0 Å². The van der Waals surface area contributed by atoms with Crippen LogP contribution in [0.15, 0.2) is 22.7 Å². The van der Waals surface area contributed by atoms with E-state index in [1.807, 2.05) is 13.8 Å². The molecule has 1 aromatic carbocycles. The van der Waals surface area contributed by atoms with Gasteiger partial charge in [0.2, 0.25) is 0 Å². The van der Waals surface area contributed by atoms with Crippen LogP contribution in [0.3, 0.4) is 0 Å². The Morgan fingerprint density at radius 2 is 2.00 bits per heavy atom. The zero-order chi connectivity index (χ0) is 12.3. The quantitative estimate of drug-likeness (QED) is 0.788. The SMILES string of the molecule is CC(C)COc1ccc(Br)cc1C(C)(F)F. The van der Waals surface area contributed by atoms with Crippen molar-refractivity contribution < 1.29 is 13.5 Å². The fraction of sp³-hybridized carbons (Fsp3) is 0.500. The second kappa shape index (κ2) is 5.13. The number of hydrogen-bond donors (Lipinski definition) is 0. The third kappa shape index (κ3) is 3.74. The summed E-state index contributed by atoms with van der Waals surface area (Å²) in [4.78, 5) is 0. The Kier molecular flexibility index (Phi) is 4.30. The molecule has 16 heavy (non-hydrogen) atoms. The van der Waals surface area contributed by atoms with Crippen LogP contribution >= 0.6 is 15.9 Å². The van der Waals surface area contributed by atoms with Gasteiger partial charge in [-0.3, -0.25) is 0 Å². The topological polar surface area (TPSA) is 9.23 Å². The first-order valence-corrected chi connectivity index (χ1v) is 5.90. The van der Waals surface area contributed by atoms with Crippen molar-refractivity contribution in [2.45, 2.75) is 26.7 Å². The number of rotatable bonds is 4. The van der Waals surface area contributed by atoms with Crippen molar-refractivity contribution in [3.05, 3.63) is 28.2 Å². The largest absolute Gasteiger partial charge is 0.493 e. The van der Waals surface area contributed by atoms with Crippen LogP contribution in [0.5, 0.6) is 5.75 Å². The van der Waals surface area contributed by atoms with Crippen LogP contribution in [0.1, 0.15) is 26.3 Å². The standard InChI is InChI=1S/C12H15BrF2O/c1-8(2)7-16-11-5-4-9(13)6-10(11)12(3,14)15/h4-6,8H,7H2,1-3H3. The van der Waals surface area contributed by atoms with Crippen LogP contribution in [-0.2, 0) is 5.92 Å². The summed E-state index contributed by atoms with van der Waals surface area (Å²) in [5.41, 5.74) is -0.0810. The van der Waals surface area contributed by atoms with Crippen LogP contribution in [0.4, 0.5) is 8.78 Å². The van der Waals surface area contributed by atoms with Crippen molar-refractivity contribution in [2.24, 2.45) is 5.92 Å². The summed E-state index contributed by atoms with van der Waals surface area (Å²) < 4.78 is 32.6. The maximum atomic E-state index is 13.3. The summed E-state index contributed by atoms with van der Waals surface area (Å²) in [7, 11) is 0. The Bertz CT molecular complexity index is 359. The van der Waals surface area contributed by atoms with Gasteiger partial charge in [-0.05, 0) is 24.1 Å². The molecule has 0 bridgehead atoms. The summed E-state index contributed by atoms with van der Waals surface area (Å²) in [6, 6.07) is 4.67. The molecule has 0 aliphatic carbocycles. The minimum Gasteiger partial charge on any atom is -0.493 e. The monoisotopic (exact) mass is 292 g/mol. The molecule has 0 N–H and O–H groups in total. The normalized spacial score (nSPS) is 11.9. The summed E-state index contributed by atoms with van der Waals surface area (Å²) >= 11 is 3.18. The Morgan fingerprint density at radius 3 is 2.50 bits per heavy atom. The van der Waals surface area contributed by atoms with E-state index in [4.69, 9.17) is 4.74 Å². The minimum absolute atomic E-state index is 0.0810. The van der Waals surface area contributed by atoms with Gasteiger partial charge in [0.25, 0.3) is 5.92 Å². The van der Waals surface area contributed by atoms with Gasteiger partial charge in [0.05, 0.1) is 12.2 Å². The van der Waals surface area contributed by atoms with E-state index < -0.39 is 5.92 Å². The van der Waals surface area contributed by atoms with E-state index in [9.17, 15) is 8.78 Å². The van der Waals surface area contributed by atoms with Crippen molar-refractivity contribution in [1.29, 1.82) is 0 Å². The molecule has 90 valence electrons. The predicted octanol–water partition coefficient (Wildman–Crippen LogP) is 4.60. The fourth-order valence-electron chi connectivity index (χ4n) is 1.23. The molecular formula is C12H15BrF2O. The third-order valence-electron chi connectivity index (χ3n) is 1.99. The van der Waals surface area contributed by atoms with Crippen LogP contribution in [-0.4, -0.2) is 6.61 Å². The van der Waals surface area contributed by atoms with Gasteiger partial charge in [0, 0.05) is 11.4 Å². The molecule has 4 heteroatoms. The lowest BCUT2D eigenvalue weighted by atomic mass is 10.1. The first-order chi connectivity index (χ1) is 7.30. The highest BCUT2D eigenvalue weighted by atomic mass is 79.9. The van der Waals surface area contributed by atoms with E-state index in [-0.39, 0.29) is 11.3 Å². The van der Waals surface area contributed by atoms with Gasteiger partial charge in [-0.1, -0.05) is 29.8 Å². The fourth-order valence-corrected chi connectivity index (χ4v) is 1.59. The lowest BCUT2D eigenvalue weighted by Gasteiger charge is -2.17. The van der Waals surface area contributed by atoms with Crippen LogP contribution in [0.2, 0.25) is 0 Å². The molecule has 0 spiro atoms.